The number of aromatic nitrogens is 4. The molecule has 1 aromatic carbocycles. The number of nitrogens with zero attached hydrogens (tertiary/aromatic N) is 4. The number of thiocarbonyl (C=S) groups is 1. The number of hydrogen-bond acceptors (Lipinski definition) is 3. The predicted octanol–water partition coefficient (Wildman–Crippen LogP) is 4.74. The summed E-state index contributed by atoms with van der Waals surface area (Å²) in [5.74, 6) is 0. The van der Waals surface area contributed by atoms with Crippen molar-refractivity contribution in [3.63, 3.8) is 0 Å². The van der Waals surface area contributed by atoms with E-state index in [0.29, 0.717) is 21.7 Å². The molecule has 3 rings (SSSR count). The summed E-state index contributed by atoms with van der Waals surface area (Å²) in [6.07, 6.45) is 2.92. The van der Waals surface area contributed by atoms with Gasteiger partial charge in [0, 0.05) is 19.3 Å². The van der Waals surface area contributed by atoms with Crippen LogP contribution < -0.4 is 10.6 Å². The quantitative estimate of drug-likeness (QED) is 0.402. The molecule has 0 unspecified atom stereocenters. The van der Waals surface area contributed by atoms with Gasteiger partial charge >= 0.3 is 0 Å². The van der Waals surface area contributed by atoms with Crippen LogP contribution in [0.25, 0.3) is 0 Å². The Kier molecular flexibility index (Phi) is 7.16. The van der Waals surface area contributed by atoms with Gasteiger partial charge < -0.3 is 10.6 Å². The number of halogens is 2. The van der Waals surface area contributed by atoms with Gasteiger partial charge in [0.1, 0.15) is 0 Å². The number of hydrogen-bond donors (Lipinski definition) is 2. The van der Waals surface area contributed by atoms with E-state index in [1.807, 2.05) is 54.5 Å². The monoisotopic (exact) mass is 450 g/mol. The van der Waals surface area contributed by atoms with Crippen LogP contribution in [-0.4, -0.2) is 31.2 Å². The number of aryl methyl sites for hydroxylation is 3. The minimum Gasteiger partial charge on any atom is -0.362 e. The Morgan fingerprint density at radius 2 is 1.90 bits per heavy atom. The van der Waals surface area contributed by atoms with Gasteiger partial charge in [-0.3, -0.25) is 9.36 Å². The highest BCUT2D eigenvalue weighted by Gasteiger charge is 2.13. The Bertz CT molecular complexity index is 1010. The molecule has 0 aliphatic heterocycles. The summed E-state index contributed by atoms with van der Waals surface area (Å²) >= 11 is 17.6. The lowest BCUT2D eigenvalue weighted by atomic mass is 10.2. The molecule has 0 saturated carbocycles. The SMILES string of the molecule is Cc1ccn(CCCNC(=S)Nc2c(C)nn(Cc3ccc(Cl)c(Cl)c3)c2C)n1. The maximum Gasteiger partial charge on any atom is 0.170 e. The van der Waals surface area contributed by atoms with Crippen molar-refractivity contribution in [2.24, 2.45) is 0 Å². The molecule has 6 nitrogen and oxygen atoms in total. The first-order valence-electron chi connectivity index (χ1n) is 9.36. The molecule has 0 aliphatic rings. The zero-order valence-electron chi connectivity index (χ0n) is 16.7. The van der Waals surface area contributed by atoms with Crippen LogP contribution in [0.3, 0.4) is 0 Å². The third-order valence-electron chi connectivity index (χ3n) is 4.56. The second kappa shape index (κ2) is 9.61. The molecule has 0 atom stereocenters. The molecule has 29 heavy (non-hydrogen) atoms. The molecule has 0 aliphatic carbocycles. The zero-order valence-corrected chi connectivity index (χ0v) is 19.0. The van der Waals surface area contributed by atoms with Crippen LogP contribution in [0.4, 0.5) is 5.69 Å². The van der Waals surface area contributed by atoms with E-state index in [-0.39, 0.29) is 0 Å². The van der Waals surface area contributed by atoms with Crippen LogP contribution in [-0.2, 0) is 13.1 Å². The lowest BCUT2D eigenvalue weighted by Crippen LogP contribution is -2.30. The van der Waals surface area contributed by atoms with Crippen molar-refractivity contribution in [3.05, 3.63) is 63.2 Å². The van der Waals surface area contributed by atoms with Crippen molar-refractivity contribution >= 4 is 46.2 Å². The fraction of sp³-hybridized carbons (Fsp3) is 0.350. The molecule has 2 aromatic heterocycles. The number of anilines is 1. The highest BCUT2D eigenvalue weighted by atomic mass is 35.5. The molecule has 3 aromatic rings. The summed E-state index contributed by atoms with van der Waals surface area (Å²) in [6.45, 7) is 8.18. The van der Waals surface area contributed by atoms with E-state index < -0.39 is 0 Å². The Balaban J connectivity index is 1.54. The minimum atomic E-state index is 0.541. The molecule has 2 N–H and O–H groups in total. The van der Waals surface area contributed by atoms with Gasteiger partial charge in [0.2, 0.25) is 0 Å². The molecule has 2 heterocycles. The van der Waals surface area contributed by atoms with Gasteiger partial charge in [-0.25, -0.2) is 0 Å². The maximum atomic E-state index is 6.12. The van der Waals surface area contributed by atoms with Crippen molar-refractivity contribution in [2.45, 2.75) is 40.3 Å². The summed E-state index contributed by atoms with van der Waals surface area (Å²) in [5, 5.41) is 17.2. The molecular formula is C20H24Cl2N6S. The summed E-state index contributed by atoms with van der Waals surface area (Å²) in [6, 6.07) is 7.61. The van der Waals surface area contributed by atoms with Gasteiger partial charge in [-0.1, -0.05) is 29.3 Å². The second-order valence-corrected chi connectivity index (χ2v) is 8.13. The van der Waals surface area contributed by atoms with Crippen LogP contribution >= 0.6 is 35.4 Å². The average Bonchev–Trinajstić information content (AvgIpc) is 3.20. The van der Waals surface area contributed by atoms with Crippen molar-refractivity contribution in [3.8, 4) is 0 Å². The van der Waals surface area contributed by atoms with E-state index in [0.717, 1.165) is 47.8 Å². The van der Waals surface area contributed by atoms with E-state index >= 15 is 0 Å². The van der Waals surface area contributed by atoms with E-state index in [9.17, 15) is 0 Å². The zero-order chi connectivity index (χ0) is 21.0. The first-order valence-corrected chi connectivity index (χ1v) is 10.5. The maximum absolute atomic E-state index is 6.12. The molecule has 0 saturated heterocycles. The molecule has 9 heteroatoms. The van der Waals surface area contributed by atoms with Gasteiger partial charge in [-0.2, -0.15) is 10.2 Å². The Labute approximate surface area is 186 Å². The summed E-state index contributed by atoms with van der Waals surface area (Å²) < 4.78 is 3.87. The highest BCUT2D eigenvalue weighted by Crippen LogP contribution is 2.25. The van der Waals surface area contributed by atoms with Crippen molar-refractivity contribution in [1.82, 2.24) is 24.9 Å². The van der Waals surface area contributed by atoms with Crippen molar-refractivity contribution in [1.29, 1.82) is 0 Å². The fourth-order valence-electron chi connectivity index (χ4n) is 3.03. The van der Waals surface area contributed by atoms with Gasteiger partial charge in [0.25, 0.3) is 0 Å². The largest absolute Gasteiger partial charge is 0.362 e. The number of nitrogens with one attached hydrogen (secondary N) is 2. The Hall–Kier alpha value is -2.09. The molecule has 0 bridgehead atoms. The normalized spacial score (nSPS) is 10.9. The lowest BCUT2D eigenvalue weighted by molar-refractivity contribution is 0.570. The molecule has 0 radical (unpaired) electrons. The number of benzene rings is 1. The van der Waals surface area contributed by atoms with Crippen molar-refractivity contribution < 1.29 is 0 Å². The van der Waals surface area contributed by atoms with Crippen LogP contribution in [0.2, 0.25) is 10.0 Å². The fourth-order valence-corrected chi connectivity index (χ4v) is 3.56. The topological polar surface area (TPSA) is 59.7 Å². The number of rotatable bonds is 7. The highest BCUT2D eigenvalue weighted by molar-refractivity contribution is 7.80. The predicted molar refractivity (Wildman–Crippen MR) is 123 cm³/mol. The minimum absolute atomic E-state index is 0.541. The van der Waals surface area contributed by atoms with Crippen LogP contribution in [0, 0.1) is 20.8 Å². The summed E-state index contributed by atoms with van der Waals surface area (Å²) in [7, 11) is 0. The van der Waals surface area contributed by atoms with E-state index in [2.05, 4.69) is 20.8 Å². The standard InChI is InChI=1S/C20H24Cl2N6S/c1-13-7-10-27(25-13)9-4-8-23-20(29)24-19-14(2)26-28(15(19)3)12-16-5-6-17(21)18(22)11-16/h5-7,10-11H,4,8-9,12H2,1-3H3,(H2,23,24,29). The van der Waals surface area contributed by atoms with Gasteiger partial charge in [-0.05, 0) is 63.2 Å². The lowest BCUT2D eigenvalue weighted by Gasteiger charge is -2.11. The summed E-state index contributed by atoms with van der Waals surface area (Å²) in [4.78, 5) is 0. The molecule has 0 fully saturated rings. The van der Waals surface area contributed by atoms with Crippen molar-refractivity contribution in [2.75, 3.05) is 11.9 Å². The van der Waals surface area contributed by atoms with Gasteiger partial charge in [0.15, 0.2) is 5.11 Å². The van der Waals surface area contributed by atoms with E-state index in [4.69, 9.17) is 35.4 Å². The smallest absolute Gasteiger partial charge is 0.170 e. The third-order valence-corrected chi connectivity index (χ3v) is 5.55. The van der Waals surface area contributed by atoms with Crippen LogP contribution in [0.5, 0.6) is 0 Å². The molecule has 0 amide bonds. The summed E-state index contributed by atoms with van der Waals surface area (Å²) in [5.41, 5.74) is 4.87. The van der Waals surface area contributed by atoms with Crippen LogP contribution in [0.15, 0.2) is 30.5 Å². The van der Waals surface area contributed by atoms with Gasteiger partial charge in [-0.15, -0.1) is 0 Å². The molecule has 154 valence electrons. The Morgan fingerprint density at radius 3 is 2.59 bits per heavy atom. The molecular weight excluding hydrogens is 427 g/mol. The molecule has 0 spiro atoms. The first kappa shape index (κ1) is 21.6. The third kappa shape index (κ3) is 5.72. The first-order chi connectivity index (χ1) is 13.8. The van der Waals surface area contributed by atoms with Gasteiger partial charge in [0.05, 0.1) is 39.4 Å². The van der Waals surface area contributed by atoms with E-state index in [1.165, 1.54) is 0 Å². The Morgan fingerprint density at radius 1 is 1.10 bits per heavy atom. The van der Waals surface area contributed by atoms with Crippen LogP contribution in [0.1, 0.15) is 29.1 Å². The average molecular weight is 451 g/mol. The second-order valence-electron chi connectivity index (χ2n) is 6.91. The van der Waals surface area contributed by atoms with E-state index in [1.54, 1.807) is 6.07 Å².